The Hall–Kier alpha value is -1.41. The van der Waals surface area contributed by atoms with Crippen LogP contribution in [0.3, 0.4) is 0 Å². The molecule has 0 aromatic carbocycles. The number of alkyl halides is 5. The second-order valence-electron chi connectivity index (χ2n) is 3.32. The average Bonchev–Trinajstić information content (AvgIpc) is 2.41. The normalized spacial score (nSPS) is 30.6. The maximum atomic E-state index is 13.3. The van der Waals surface area contributed by atoms with Gasteiger partial charge in [-0.1, -0.05) is 0 Å². The monoisotopic (exact) mass is 247 g/mol. The number of aliphatic carboxylic acids is 1. The summed E-state index contributed by atoms with van der Waals surface area (Å²) in [5, 5.41) is 8.31. The minimum atomic E-state index is -5.27. The van der Waals surface area contributed by atoms with Gasteiger partial charge in [-0.3, -0.25) is 4.79 Å². The fourth-order valence-corrected chi connectivity index (χ4v) is 1.32. The van der Waals surface area contributed by atoms with Crippen LogP contribution in [0.15, 0.2) is 0 Å². The average molecular weight is 247 g/mol. The van der Waals surface area contributed by atoms with Crippen LogP contribution in [-0.2, 0) is 9.59 Å². The molecule has 0 saturated carbocycles. The molecular weight excluding hydrogens is 241 g/mol. The summed E-state index contributed by atoms with van der Waals surface area (Å²) >= 11 is 0. The molecule has 4 nitrogen and oxygen atoms in total. The van der Waals surface area contributed by atoms with Crippen molar-refractivity contribution in [3.63, 3.8) is 0 Å². The SMILES string of the molecule is O=C(N1CC(F)C(F)(C(=O)O)C1)C(F)(F)F. The summed E-state index contributed by atoms with van der Waals surface area (Å²) in [7, 11) is 0. The van der Waals surface area contributed by atoms with Gasteiger partial charge in [0.2, 0.25) is 0 Å². The summed E-state index contributed by atoms with van der Waals surface area (Å²) in [6.07, 6.45) is -7.94. The topological polar surface area (TPSA) is 57.6 Å². The summed E-state index contributed by atoms with van der Waals surface area (Å²) in [5.74, 6) is -4.67. The van der Waals surface area contributed by atoms with E-state index >= 15 is 0 Å². The second-order valence-corrected chi connectivity index (χ2v) is 3.32. The van der Waals surface area contributed by atoms with E-state index in [2.05, 4.69) is 0 Å². The highest BCUT2D eigenvalue weighted by atomic mass is 19.4. The van der Waals surface area contributed by atoms with Gasteiger partial charge in [0.25, 0.3) is 5.67 Å². The minimum absolute atomic E-state index is 0.196. The van der Waals surface area contributed by atoms with Crippen molar-refractivity contribution < 1.29 is 36.6 Å². The summed E-state index contributed by atoms with van der Waals surface area (Å²) in [4.78, 5) is 20.7. The van der Waals surface area contributed by atoms with E-state index in [4.69, 9.17) is 5.11 Å². The van der Waals surface area contributed by atoms with Crippen LogP contribution in [0.4, 0.5) is 22.0 Å². The summed E-state index contributed by atoms with van der Waals surface area (Å²) < 4.78 is 61.9. The van der Waals surface area contributed by atoms with Crippen molar-refractivity contribution in [1.29, 1.82) is 0 Å². The molecule has 92 valence electrons. The van der Waals surface area contributed by atoms with Crippen molar-refractivity contribution in [3.05, 3.63) is 0 Å². The molecule has 0 bridgehead atoms. The van der Waals surface area contributed by atoms with Gasteiger partial charge in [0.05, 0.1) is 13.1 Å². The maximum Gasteiger partial charge on any atom is 0.471 e. The largest absolute Gasteiger partial charge is 0.479 e. The maximum absolute atomic E-state index is 13.3. The molecule has 1 saturated heterocycles. The Morgan fingerprint density at radius 3 is 2.19 bits per heavy atom. The van der Waals surface area contributed by atoms with Gasteiger partial charge >= 0.3 is 18.1 Å². The number of carbonyl (C=O) groups is 2. The van der Waals surface area contributed by atoms with Gasteiger partial charge in [0.15, 0.2) is 6.17 Å². The second kappa shape index (κ2) is 3.56. The zero-order valence-electron chi connectivity index (χ0n) is 7.59. The lowest BCUT2D eigenvalue weighted by Gasteiger charge is -2.18. The van der Waals surface area contributed by atoms with Crippen LogP contribution in [-0.4, -0.2) is 53.0 Å². The Morgan fingerprint density at radius 1 is 1.38 bits per heavy atom. The van der Waals surface area contributed by atoms with E-state index in [9.17, 15) is 31.5 Å². The van der Waals surface area contributed by atoms with Gasteiger partial charge in [-0.2, -0.15) is 13.2 Å². The van der Waals surface area contributed by atoms with Crippen LogP contribution in [0.25, 0.3) is 0 Å². The number of carboxylic acid groups (broad SMARTS) is 1. The molecule has 1 aliphatic heterocycles. The Morgan fingerprint density at radius 2 is 1.88 bits per heavy atom. The predicted molar refractivity (Wildman–Crippen MR) is 39.0 cm³/mol. The molecule has 0 aromatic heterocycles. The molecule has 16 heavy (non-hydrogen) atoms. The van der Waals surface area contributed by atoms with Gasteiger partial charge in [0.1, 0.15) is 0 Å². The van der Waals surface area contributed by atoms with Crippen molar-refractivity contribution in [2.24, 2.45) is 0 Å². The van der Waals surface area contributed by atoms with Crippen LogP contribution in [0, 0.1) is 0 Å². The van der Waals surface area contributed by atoms with Gasteiger partial charge in [0, 0.05) is 0 Å². The number of carboxylic acids is 1. The van der Waals surface area contributed by atoms with E-state index in [1.807, 2.05) is 0 Å². The molecule has 1 heterocycles. The molecule has 2 unspecified atom stereocenters. The van der Waals surface area contributed by atoms with Crippen LogP contribution in [0.1, 0.15) is 0 Å². The van der Waals surface area contributed by atoms with E-state index in [1.54, 1.807) is 0 Å². The molecule has 1 N–H and O–H groups in total. The van der Waals surface area contributed by atoms with E-state index in [1.165, 1.54) is 0 Å². The standard InChI is InChI=1S/C7H6F5NO3/c8-3-1-13(4(14)7(10,11)12)2-6(3,9)5(15)16/h3H,1-2H2,(H,15,16). The number of hydrogen-bond donors (Lipinski definition) is 1. The van der Waals surface area contributed by atoms with E-state index in [0.717, 1.165) is 0 Å². The first-order valence-corrected chi connectivity index (χ1v) is 4.01. The van der Waals surface area contributed by atoms with E-state index in [0.29, 0.717) is 0 Å². The molecule has 0 spiro atoms. The number of halogens is 5. The van der Waals surface area contributed by atoms with Crippen molar-refractivity contribution >= 4 is 11.9 Å². The number of carbonyl (C=O) groups excluding carboxylic acids is 1. The number of rotatable bonds is 1. The molecule has 9 heteroatoms. The summed E-state index contributed by atoms with van der Waals surface area (Å²) in [6, 6.07) is 0. The van der Waals surface area contributed by atoms with Crippen LogP contribution in [0.5, 0.6) is 0 Å². The Bertz CT molecular complexity index is 330. The number of amides is 1. The molecule has 2 atom stereocenters. The fraction of sp³-hybridized carbons (Fsp3) is 0.714. The lowest BCUT2D eigenvalue weighted by Crippen LogP contribution is -2.45. The zero-order chi connectivity index (χ0) is 12.7. The first-order valence-electron chi connectivity index (χ1n) is 4.01. The molecule has 0 aromatic rings. The van der Waals surface area contributed by atoms with Gasteiger partial charge in [-0.05, 0) is 0 Å². The lowest BCUT2D eigenvalue weighted by atomic mass is 10.1. The smallest absolute Gasteiger partial charge is 0.471 e. The molecule has 0 radical (unpaired) electrons. The molecular formula is C7H6F5NO3. The summed E-state index contributed by atoms with van der Waals surface area (Å²) in [5.41, 5.74) is -3.47. The highest BCUT2D eigenvalue weighted by molar-refractivity contribution is 5.85. The molecule has 1 amide bonds. The number of hydrogen-bond acceptors (Lipinski definition) is 2. The van der Waals surface area contributed by atoms with Crippen LogP contribution >= 0.6 is 0 Å². The number of nitrogens with zero attached hydrogens (tertiary/aromatic N) is 1. The first-order chi connectivity index (χ1) is 7.09. The van der Waals surface area contributed by atoms with Gasteiger partial charge in [-0.25, -0.2) is 13.6 Å². The Labute approximate surface area is 85.6 Å². The minimum Gasteiger partial charge on any atom is -0.479 e. The molecule has 1 aliphatic rings. The van der Waals surface area contributed by atoms with Crippen molar-refractivity contribution in [2.75, 3.05) is 13.1 Å². The van der Waals surface area contributed by atoms with Crippen molar-refractivity contribution in [3.8, 4) is 0 Å². The number of likely N-dealkylation sites (tertiary alicyclic amines) is 1. The van der Waals surface area contributed by atoms with E-state index in [-0.39, 0.29) is 4.90 Å². The van der Waals surface area contributed by atoms with Crippen LogP contribution in [0.2, 0.25) is 0 Å². The molecule has 1 fully saturated rings. The van der Waals surface area contributed by atoms with Crippen molar-refractivity contribution in [1.82, 2.24) is 4.90 Å². The zero-order valence-corrected chi connectivity index (χ0v) is 7.59. The third kappa shape index (κ3) is 1.93. The highest BCUT2D eigenvalue weighted by Crippen LogP contribution is 2.31. The Balaban J connectivity index is 2.86. The Kier molecular flexibility index (Phi) is 2.82. The van der Waals surface area contributed by atoms with Gasteiger partial charge in [-0.15, -0.1) is 0 Å². The third-order valence-electron chi connectivity index (χ3n) is 2.18. The highest BCUT2D eigenvalue weighted by Gasteiger charge is 2.58. The summed E-state index contributed by atoms with van der Waals surface area (Å²) in [6.45, 7) is -2.66. The van der Waals surface area contributed by atoms with Gasteiger partial charge < -0.3 is 10.0 Å². The quantitative estimate of drug-likeness (QED) is 0.687. The lowest BCUT2D eigenvalue weighted by molar-refractivity contribution is -0.185. The molecule has 0 aliphatic carbocycles. The predicted octanol–water partition coefficient (Wildman–Crippen LogP) is 0.522. The fourth-order valence-electron chi connectivity index (χ4n) is 1.32. The first kappa shape index (κ1) is 12.7. The third-order valence-corrected chi connectivity index (χ3v) is 2.18. The van der Waals surface area contributed by atoms with Crippen LogP contribution < -0.4 is 0 Å². The van der Waals surface area contributed by atoms with E-state index < -0.39 is 43.0 Å². The molecule has 1 rings (SSSR count). The van der Waals surface area contributed by atoms with Crippen molar-refractivity contribution in [2.45, 2.75) is 18.0 Å².